The Balaban J connectivity index is 2.43. The molecule has 0 aliphatic carbocycles. The SMILES string of the molecule is C=Cc1cc(N2CCOCC2)c(OC)cc1N=O. The van der Waals surface area contributed by atoms with Gasteiger partial charge in [0.25, 0.3) is 0 Å². The predicted octanol–water partition coefficient (Wildman–Crippen LogP) is 2.57. The molecule has 0 atom stereocenters. The molecule has 5 nitrogen and oxygen atoms in total. The first-order valence-electron chi connectivity index (χ1n) is 5.80. The summed E-state index contributed by atoms with van der Waals surface area (Å²) in [6, 6.07) is 3.53. The number of morpholine rings is 1. The normalized spacial score (nSPS) is 15.3. The standard InChI is InChI=1S/C13H16N2O3/c1-3-10-8-12(15-4-6-18-7-5-15)13(17-2)9-11(10)14-16/h3,8-9H,1,4-7H2,2H3. The molecule has 1 heterocycles. The van der Waals surface area contributed by atoms with E-state index in [2.05, 4.69) is 16.7 Å². The van der Waals surface area contributed by atoms with Gasteiger partial charge in [-0.15, -0.1) is 4.91 Å². The highest BCUT2D eigenvalue weighted by Gasteiger charge is 2.17. The molecule has 1 aliphatic rings. The number of ether oxygens (including phenoxy) is 2. The highest BCUT2D eigenvalue weighted by Crippen LogP contribution is 2.36. The highest BCUT2D eigenvalue weighted by molar-refractivity contribution is 5.74. The van der Waals surface area contributed by atoms with Crippen LogP contribution in [0.25, 0.3) is 6.08 Å². The van der Waals surface area contributed by atoms with Gasteiger partial charge in [-0.25, -0.2) is 0 Å². The highest BCUT2D eigenvalue weighted by atomic mass is 16.5. The summed E-state index contributed by atoms with van der Waals surface area (Å²) < 4.78 is 10.6. The molecular formula is C13H16N2O3. The van der Waals surface area contributed by atoms with Crippen LogP contribution in [0.15, 0.2) is 23.9 Å². The van der Waals surface area contributed by atoms with Gasteiger partial charge in [0, 0.05) is 24.7 Å². The van der Waals surface area contributed by atoms with Gasteiger partial charge in [-0.05, 0) is 11.2 Å². The summed E-state index contributed by atoms with van der Waals surface area (Å²) in [7, 11) is 1.58. The van der Waals surface area contributed by atoms with Crippen molar-refractivity contribution in [1.29, 1.82) is 0 Å². The van der Waals surface area contributed by atoms with Crippen LogP contribution in [-0.4, -0.2) is 33.4 Å². The van der Waals surface area contributed by atoms with E-state index in [9.17, 15) is 4.91 Å². The van der Waals surface area contributed by atoms with Gasteiger partial charge >= 0.3 is 0 Å². The van der Waals surface area contributed by atoms with Gasteiger partial charge < -0.3 is 14.4 Å². The third kappa shape index (κ3) is 2.36. The molecule has 1 aromatic carbocycles. The fourth-order valence-electron chi connectivity index (χ4n) is 2.03. The summed E-state index contributed by atoms with van der Waals surface area (Å²) in [5, 5.41) is 2.99. The van der Waals surface area contributed by atoms with Crippen LogP contribution in [0.3, 0.4) is 0 Å². The quantitative estimate of drug-likeness (QED) is 0.768. The number of nitroso groups, excluding NO2 is 1. The lowest BCUT2D eigenvalue weighted by molar-refractivity contribution is 0.122. The Labute approximate surface area is 106 Å². The van der Waals surface area contributed by atoms with Crippen LogP contribution in [0.1, 0.15) is 5.56 Å². The topological polar surface area (TPSA) is 51.1 Å². The van der Waals surface area contributed by atoms with E-state index in [0.29, 0.717) is 30.2 Å². The monoisotopic (exact) mass is 248 g/mol. The lowest BCUT2D eigenvalue weighted by atomic mass is 10.1. The summed E-state index contributed by atoms with van der Waals surface area (Å²) >= 11 is 0. The molecule has 0 radical (unpaired) electrons. The second-order valence-electron chi connectivity index (χ2n) is 3.98. The minimum absolute atomic E-state index is 0.346. The van der Waals surface area contributed by atoms with Crippen LogP contribution in [0.2, 0.25) is 0 Å². The van der Waals surface area contributed by atoms with Gasteiger partial charge in [0.1, 0.15) is 11.4 Å². The van der Waals surface area contributed by atoms with Gasteiger partial charge in [0.2, 0.25) is 0 Å². The molecule has 2 rings (SSSR count). The lowest BCUT2D eigenvalue weighted by Crippen LogP contribution is -2.36. The molecule has 1 aliphatic heterocycles. The fraction of sp³-hybridized carbons (Fsp3) is 0.385. The van der Waals surface area contributed by atoms with E-state index in [4.69, 9.17) is 9.47 Å². The minimum Gasteiger partial charge on any atom is -0.495 e. The van der Waals surface area contributed by atoms with E-state index in [1.807, 2.05) is 6.07 Å². The van der Waals surface area contributed by atoms with Gasteiger partial charge in [0.05, 0.1) is 26.0 Å². The van der Waals surface area contributed by atoms with Crippen molar-refractivity contribution < 1.29 is 9.47 Å². The first kappa shape index (κ1) is 12.6. The Morgan fingerprint density at radius 3 is 2.72 bits per heavy atom. The molecule has 0 unspecified atom stereocenters. The van der Waals surface area contributed by atoms with Crippen molar-refractivity contribution >= 4 is 17.5 Å². The number of rotatable bonds is 4. The maximum absolute atomic E-state index is 10.8. The molecule has 1 aromatic rings. The summed E-state index contributed by atoms with van der Waals surface area (Å²) in [6.07, 6.45) is 1.63. The first-order chi connectivity index (χ1) is 8.80. The van der Waals surface area contributed by atoms with Crippen molar-refractivity contribution in [2.75, 3.05) is 38.3 Å². The van der Waals surface area contributed by atoms with Crippen LogP contribution < -0.4 is 9.64 Å². The molecule has 5 heteroatoms. The van der Waals surface area contributed by atoms with Crippen molar-refractivity contribution in [2.45, 2.75) is 0 Å². The number of methoxy groups -OCH3 is 1. The van der Waals surface area contributed by atoms with Crippen LogP contribution >= 0.6 is 0 Å². The van der Waals surface area contributed by atoms with Crippen molar-refractivity contribution in [3.05, 3.63) is 29.2 Å². The van der Waals surface area contributed by atoms with Crippen molar-refractivity contribution in [3.63, 3.8) is 0 Å². The van der Waals surface area contributed by atoms with E-state index >= 15 is 0 Å². The number of anilines is 1. The van der Waals surface area contributed by atoms with Crippen LogP contribution in [-0.2, 0) is 4.74 Å². The van der Waals surface area contributed by atoms with E-state index in [0.717, 1.165) is 18.8 Å². The molecule has 1 fully saturated rings. The average molecular weight is 248 g/mol. The predicted molar refractivity (Wildman–Crippen MR) is 71.6 cm³/mol. The largest absolute Gasteiger partial charge is 0.495 e. The third-order valence-electron chi connectivity index (χ3n) is 3.00. The Bertz CT molecular complexity index is 454. The van der Waals surface area contributed by atoms with Crippen LogP contribution in [0, 0.1) is 4.91 Å². The van der Waals surface area contributed by atoms with Gasteiger partial charge in [0.15, 0.2) is 0 Å². The third-order valence-corrected chi connectivity index (χ3v) is 3.00. The fourth-order valence-corrected chi connectivity index (χ4v) is 2.03. The average Bonchev–Trinajstić information content (AvgIpc) is 2.46. The van der Waals surface area contributed by atoms with Crippen LogP contribution in [0.5, 0.6) is 5.75 Å². The van der Waals surface area contributed by atoms with Gasteiger partial charge in [-0.2, -0.15) is 0 Å². The van der Waals surface area contributed by atoms with Crippen molar-refractivity contribution in [1.82, 2.24) is 0 Å². The molecular weight excluding hydrogens is 232 g/mol. The maximum Gasteiger partial charge on any atom is 0.144 e. The second kappa shape index (κ2) is 5.64. The van der Waals surface area contributed by atoms with Gasteiger partial charge in [-0.1, -0.05) is 12.7 Å². The van der Waals surface area contributed by atoms with E-state index in [-0.39, 0.29) is 0 Å². The van der Waals surface area contributed by atoms with Crippen LogP contribution in [0.4, 0.5) is 11.4 Å². The Morgan fingerprint density at radius 2 is 2.17 bits per heavy atom. The summed E-state index contributed by atoms with van der Waals surface area (Å²) in [5.74, 6) is 0.650. The molecule has 1 saturated heterocycles. The number of hydrogen-bond acceptors (Lipinski definition) is 5. The van der Waals surface area contributed by atoms with E-state index in [1.165, 1.54) is 0 Å². The second-order valence-corrected chi connectivity index (χ2v) is 3.98. The Hall–Kier alpha value is -1.88. The summed E-state index contributed by atoms with van der Waals surface area (Å²) in [4.78, 5) is 12.9. The zero-order valence-corrected chi connectivity index (χ0v) is 10.4. The molecule has 96 valence electrons. The number of benzene rings is 1. The molecule has 0 amide bonds. The number of hydrogen-bond donors (Lipinski definition) is 0. The summed E-state index contributed by atoms with van der Waals surface area (Å²) in [6.45, 7) is 6.70. The molecule has 0 aromatic heterocycles. The summed E-state index contributed by atoms with van der Waals surface area (Å²) in [5.41, 5.74) is 2.01. The van der Waals surface area contributed by atoms with Crippen molar-refractivity contribution in [3.8, 4) is 5.75 Å². The van der Waals surface area contributed by atoms with E-state index < -0.39 is 0 Å². The zero-order valence-electron chi connectivity index (χ0n) is 10.4. The number of nitrogens with zero attached hydrogens (tertiary/aromatic N) is 2. The molecule has 0 spiro atoms. The van der Waals surface area contributed by atoms with E-state index in [1.54, 1.807) is 19.3 Å². The molecule has 0 N–H and O–H groups in total. The van der Waals surface area contributed by atoms with Crippen molar-refractivity contribution in [2.24, 2.45) is 5.18 Å². The molecule has 0 saturated carbocycles. The molecule has 0 bridgehead atoms. The minimum atomic E-state index is 0.346. The maximum atomic E-state index is 10.8. The van der Waals surface area contributed by atoms with Gasteiger partial charge in [-0.3, -0.25) is 0 Å². The lowest BCUT2D eigenvalue weighted by Gasteiger charge is -2.30. The Kier molecular flexibility index (Phi) is 3.94. The first-order valence-corrected chi connectivity index (χ1v) is 5.80. The Morgan fingerprint density at radius 1 is 1.44 bits per heavy atom. The smallest absolute Gasteiger partial charge is 0.144 e. The zero-order chi connectivity index (χ0) is 13.0. The molecule has 18 heavy (non-hydrogen) atoms.